The van der Waals surface area contributed by atoms with Gasteiger partial charge in [0.05, 0.1) is 17.6 Å². The van der Waals surface area contributed by atoms with Crippen molar-refractivity contribution in [1.29, 1.82) is 0 Å². The molecular weight excluding hydrogens is 512 g/mol. The van der Waals surface area contributed by atoms with Crippen LogP contribution in [0.25, 0.3) is 16.8 Å². The number of carbonyl (C=O) groups is 2. The second-order valence-electron chi connectivity index (χ2n) is 11.4. The van der Waals surface area contributed by atoms with Gasteiger partial charge in [-0.25, -0.2) is 9.48 Å². The first-order chi connectivity index (χ1) is 19.9. The highest BCUT2D eigenvalue weighted by molar-refractivity contribution is 5.96. The number of nitrogens with zero attached hydrogens (tertiary/aromatic N) is 4. The van der Waals surface area contributed by atoms with Crippen LogP contribution < -0.4 is 0 Å². The number of aromatic carboxylic acids is 1. The van der Waals surface area contributed by atoms with Gasteiger partial charge in [0, 0.05) is 41.9 Å². The third kappa shape index (κ3) is 5.41. The number of benzene rings is 2. The van der Waals surface area contributed by atoms with Crippen molar-refractivity contribution in [2.45, 2.75) is 70.3 Å². The number of hydrogen-bond donors (Lipinski definition) is 1. The third-order valence-corrected chi connectivity index (χ3v) is 8.54. The van der Waals surface area contributed by atoms with Gasteiger partial charge in [0.25, 0.3) is 5.91 Å². The molecule has 2 fully saturated rings. The molecule has 2 aromatic heterocycles. The van der Waals surface area contributed by atoms with Crippen LogP contribution in [0, 0.1) is 6.92 Å². The molecule has 7 heteroatoms. The number of aromatic nitrogens is 3. The monoisotopic (exact) mass is 548 g/mol. The summed E-state index contributed by atoms with van der Waals surface area (Å²) in [4.78, 5) is 32.4. The van der Waals surface area contributed by atoms with E-state index in [9.17, 15) is 14.7 Å². The lowest BCUT2D eigenvalue weighted by atomic mass is 9.96. The van der Waals surface area contributed by atoms with Crippen LogP contribution in [0.2, 0.25) is 0 Å². The Morgan fingerprint density at radius 3 is 2.54 bits per heavy atom. The van der Waals surface area contributed by atoms with Crippen LogP contribution in [0.5, 0.6) is 0 Å². The molecule has 1 aliphatic carbocycles. The van der Waals surface area contributed by atoms with Crippen molar-refractivity contribution in [3.05, 3.63) is 101 Å². The highest BCUT2D eigenvalue weighted by Gasteiger charge is 2.45. The van der Waals surface area contributed by atoms with Crippen LogP contribution in [0.4, 0.5) is 0 Å². The second-order valence-corrected chi connectivity index (χ2v) is 11.4. The van der Waals surface area contributed by atoms with E-state index >= 15 is 0 Å². The smallest absolute Gasteiger partial charge is 0.339 e. The first-order valence-electron chi connectivity index (χ1n) is 14.7. The Bertz CT molecular complexity index is 1570. The zero-order chi connectivity index (χ0) is 28.5. The lowest BCUT2D eigenvalue weighted by Crippen LogP contribution is -2.43. The number of piperidine rings is 1. The van der Waals surface area contributed by atoms with Gasteiger partial charge in [-0.3, -0.25) is 9.78 Å². The molecule has 2 aliphatic rings. The molecule has 41 heavy (non-hydrogen) atoms. The maximum atomic E-state index is 13.6. The first-order valence-corrected chi connectivity index (χ1v) is 14.7. The summed E-state index contributed by atoms with van der Waals surface area (Å²) in [5, 5.41) is 14.5. The average molecular weight is 549 g/mol. The van der Waals surface area contributed by atoms with Crippen molar-refractivity contribution in [2.24, 2.45) is 0 Å². The van der Waals surface area contributed by atoms with E-state index < -0.39 is 5.97 Å². The molecule has 0 unspecified atom stereocenters. The van der Waals surface area contributed by atoms with Crippen molar-refractivity contribution in [2.75, 3.05) is 6.54 Å². The van der Waals surface area contributed by atoms with E-state index in [1.54, 1.807) is 4.68 Å². The number of aryl methyl sites for hydroxylation is 1. The van der Waals surface area contributed by atoms with Gasteiger partial charge in [0.15, 0.2) is 0 Å². The predicted octanol–water partition coefficient (Wildman–Crippen LogP) is 7.01. The number of carboxylic acid groups (broad SMARTS) is 1. The van der Waals surface area contributed by atoms with Crippen molar-refractivity contribution < 1.29 is 14.7 Å². The van der Waals surface area contributed by atoms with Gasteiger partial charge in [0.2, 0.25) is 0 Å². The zero-order valence-corrected chi connectivity index (χ0v) is 23.7. The SMILES string of the molecule is CCC[C@@H]1CCCCN1C(=O)c1cccc(-c2cccc(-n3ncc(C(=O)O)c3[C@@H]3C[C@H]3c3ccc(C)cn3)c2)c1. The molecule has 0 radical (unpaired) electrons. The molecule has 7 nitrogen and oxygen atoms in total. The van der Waals surface area contributed by atoms with Gasteiger partial charge in [0.1, 0.15) is 5.56 Å². The van der Waals surface area contributed by atoms with Gasteiger partial charge in [-0.2, -0.15) is 5.10 Å². The van der Waals surface area contributed by atoms with E-state index in [0.717, 1.165) is 66.7 Å². The number of carboxylic acids is 1. The summed E-state index contributed by atoms with van der Waals surface area (Å²) in [6.07, 6.45) is 9.58. The Labute approximate surface area is 240 Å². The van der Waals surface area contributed by atoms with Gasteiger partial charge < -0.3 is 10.0 Å². The van der Waals surface area contributed by atoms with Gasteiger partial charge in [-0.1, -0.05) is 43.7 Å². The van der Waals surface area contributed by atoms with Crippen molar-refractivity contribution in [3.63, 3.8) is 0 Å². The molecule has 4 aromatic rings. The summed E-state index contributed by atoms with van der Waals surface area (Å²) in [6, 6.07) is 20.2. The van der Waals surface area contributed by atoms with Crippen LogP contribution in [-0.2, 0) is 0 Å². The molecule has 1 amide bonds. The number of rotatable bonds is 8. The van der Waals surface area contributed by atoms with Crippen molar-refractivity contribution in [3.8, 4) is 16.8 Å². The largest absolute Gasteiger partial charge is 0.478 e. The molecule has 0 spiro atoms. The van der Waals surface area contributed by atoms with Crippen molar-refractivity contribution in [1.82, 2.24) is 19.7 Å². The summed E-state index contributed by atoms with van der Waals surface area (Å²) >= 11 is 0. The third-order valence-electron chi connectivity index (χ3n) is 8.54. The second kappa shape index (κ2) is 11.3. The molecule has 210 valence electrons. The minimum Gasteiger partial charge on any atom is -0.478 e. The lowest BCUT2D eigenvalue weighted by molar-refractivity contribution is 0.0600. The molecule has 1 saturated carbocycles. The molecule has 2 aromatic carbocycles. The Kier molecular flexibility index (Phi) is 7.43. The molecule has 1 N–H and O–H groups in total. The molecule has 3 atom stereocenters. The minimum atomic E-state index is -0.977. The molecule has 3 heterocycles. The van der Waals surface area contributed by atoms with Gasteiger partial charge >= 0.3 is 5.97 Å². The number of pyridine rings is 1. The average Bonchev–Trinajstić information content (AvgIpc) is 3.66. The summed E-state index contributed by atoms with van der Waals surface area (Å²) in [5.41, 5.74) is 6.41. The van der Waals surface area contributed by atoms with Crippen LogP contribution in [0.1, 0.15) is 95.0 Å². The summed E-state index contributed by atoms with van der Waals surface area (Å²) < 4.78 is 1.77. The van der Waals surface area contributed by atoms with Crippen LogP contribution in [-0.4, -0.2) is 49.2 Å². The number of amides is 1. The Balaban J connectivity index is 1.30. The zero-order valence-electron chi connectivity index (χ0n) is 23.7. The molecule has 1 aliphatic heterocycles. The Hall–Kier alpha value is -4.26. The number of carbonyl (C=O) groups excluding carboxylic acids is 1. The van der Waals surface area contributed by atoms with Crippen molar-refractivity contribution >= 4 is 11.9 Å². The number of hydrogen-bond acceptors (Lipinski definition) is 4. The van der Waals surface area contributed by atoms with E-state index in [4.69, 9.17) is 0 Å². The fourth-order valence-corrected chi connectivity index (χ4v) is 6.32. The maximum Gasteiger partial charge on any atom is 0.339 e. The van der Waals surface area contributed by atoms with E-state index in [2.05, 4.69) is 21.9 Å². The summed E-state index contributed by atoms with van der Waals surface area (Å²) in [6.45, 7) is 5.00. The predicted molar refractivity (Wildman–Crippen MR) is 159 cm³/mol. The van der Waals surface area contributed by atoms with Gasteiger partial charge in [-0.15, -0.1) is 0 Å². The topological polar surface area (TPSA) is 88.3 Å². The summed E-state index contributed by atoms with van der Waals surface area (Å²) in [7, 11) is 0. The fraction of sp³-hybridized carbons (Fsp3) is 0.353. The summed E-state index contributed by atoms with van der Waals surface area (Å²) in [5.74, 6) is -0.674. The van der Waals surface area contributed by atoms with Crippen LogP contribution in [0.15, 0.2) is 73.1 Å². The molecule has 6 rings (SSSR count). The highest BCUT2D eigenvalue weighted by Crippen LogP contribution is 2.55. The molecular formula is C34H36N4O3. The number of likely N-dealkylation sites (tertiary alicyclic amines) is 1. The van der Waals surface area contributed by atoms with Gasteiger partial charge in [-0.05, 0) is 86.1 Å². The maximum absolute atomic E-state index is 13.6. The first kappa shape index (κ1) is 26.9. The Morgan fingerprint density at radius 2 is 1.78 bits per heavy atom. The van der Waals surface area contributed by atoms with E-state index in [-0.39, 0.29) is 23.3 Å². The van der Waals surface area contributed by atoms with E-state index in [1.807, 2.05) is 73.8 Å². The van der Waals surface area contributed by atoms with E-state index in [0.29, 0.717) is 17.3 Å². The van der Waals surface area contributed by atoms with Crippen LogP contribution in [0.3, 0.4) is 0 Å². The molecule has 0 bridgehead atoms. The normalized spacial score (nSPS) is 20.1. The lowest BCUT2D eigenvalue weighted by Gasteiger charge is -2.36. The highest BCUT2D eigenvalue weighted by atomic mass is 16.4. The quantitative estimate of drug-likeness (QED) is 0.256. The standard InChI is InChI=1S/C34H36N4O3/c1-3-8-26-12-4-5-16-37(26)33(39)25-11-6-9-23(17-25)24-10-7-13-27(18-24)38-32(30(21-36-38)34(40)41)29-19-28(29)31-15-14-22(2)20-35-31/h6-7,9-11,13-15,17-18,20-21,26,28-29H,3-5,8,12,16,19H2,1-2H3,(H,40,41)/t26-,28-,29-/m1/s1. The van der Waals surface area contributed by atoms with E-state index in [1.165, 1.54) is 12.6 Å². The molecule has 1 saturated heterocycles. The van der Waals surface area contributed by atoms with Crippen LogP contribution >= 0.6 is 0 Å². The Morgan fingerprint density at radius 1 is 0.976 bits per heavy atom. The fourth-order valence-electron chi connectivity index (χ4n) is 6.32. The minimum absolute atomic E-state index is 0.0315.